The first kappa shape index (κ1) is 14.5. The Bertz CT molecular complexity index is 576. The molecular formula is C16H22N2O2. The highest BCUT2D eigenvalue weighted by molar-refractivity contribution is 5.60. The van der Waals surface area contributed by atoms with Gasteiger partial charge in [-0.3, -0.25) is 0 Å². The Morgan fingerprint density at radius 2 is 2.10 bits per heavy atom. The second-order valence-corrected chi connectivity index (χ2v) is 5.04. The van der Waals surface area contributed by atoms with E-state index in [1.807, 2.05) is 39.1 Å². The van der Waals surface area contributed by atoms with Gasteiger partial charge in [-0.1, -0.05) is 6.07 Å². The molecule has 0 radical (unpaired) electrons. The van der Waals surface area contributed by atoms with Crippen LogP contribution in [0, 0.1) is 6.92 Å². The average molecular weight is 274 g/mol. The van der Waals surface area contributed by atoms with Crippen molar-refractivity contribution >= 4 is 5.69 Å². The molecule has 1 aromatic heterocycles. The van der Waals surface area contributed by atoms with Crippen molar-refractivity contribution in [1.29, 1.82) is 0 Å². The molecule has 0 aliphatic rings. The number of hydrogen-bond acceptors (Lipinski definition) is 4. The van der Waals surface area contributed by atoms with E-state index in [0.717, 1.165) is 29.3 Å². The standard InChI is InChI=1S/C16H22N2O2/c1-11(17)16-14(6-5-7-15(16)19-4)18(3)10-13-8-9-20-12(13)2/h5-9,11H,10,17H2,1-4H3. The Balaban J connectivity index is 2.34. The first-order chi connectivity index (χ1) is 9.54. The lowest BCUT2D eigenvalue weighted by Gasteiger charge is -2.25. The fourth-order valence-corrected chi connectivity index (χ4v) is 2.42. The molecule has 1 atom stereocenters. The smallest absolute Gasteiger partial charge is 0.125 e. The van der Waals surface area contributed by atoms with Gasteiger partial charge in [0.05, 0.1) is 13.4 Å². The van der Waals surface area contributed by atoms with Gasteiger partial charge in [0.1, 0.15) is 11.5 Å². The summed E-state index contributed by atoms with van der Waals surface area (Å²) in [5, 5.41) is 0. The number of methoxy groups -OCH3 is 1. The van der Waals surface area contributed by atoms with Crippen molar-refractivity contribution in [2.45, 2.75) is 26.4 Å². The van der Waals surface area contributed by atoms with Crippen molar-refractivity contribution in [2.24, 2.45) is 5.73 Å². The zero-order chi connectivity index (χ0) is 14.7. The van der Waals surface area contributed by atoms with Gasteiger partial charge < -0.3 is 19.8 Å². The molecule has 0 fully saturated rings. The lowest BCUT2D eigenvalue weighted by atomic mass is 10.0. The minimum absolute atomic E-state index is 0.0888. The third kappa shape index (κ3) is 2.80. The number of nitrogens with zero attached hydrogens (tertiary/aromatic N) is 1. The van der Waals surface area contributed by atoms with E-state index in [9.17, 15) is 0 Å². The van der Waals surface area contributed by atoms with E-state index in [1.165, 1.54) is 5.56 Å². The number of nitrogens with two attached hydrogens (primary N) is 1. The molecule has 0 saturated carbocycles. The second-order valence-electron chi connectivity index (χ2n) is 5.04. The van der Waals surface area contributed by atoms with Crippen LogP contribution in [0.4, 0.5) is 5.69 Å². The molecule has 0 bridgehead atoms. The monoisotopic (exact) mass is 274 g/mol. The van der Waals surface area contributed by atoms with Crippen LogP contribution < -0.4 is 15.4 Å². The highest BCUT2D eigenvalue weighted by Gasteiger charge is 2.16. The highest BCUT2D eigenvalue weighted by atomic mass is 16.5. The van der Waals surface area contributed by atoms with E-state index < -0.39 is 0 Å². The van der Waals surface area contributed by atoms with Gasteiger partial charge in [0.2, 0.25) is 0 Å². The van der Waals surface area contributed by atoms with Crippen molar-refractivity contribution < 1.29 is 9.15 Å². The van der Waals surface area contributed by atoms with Gasteiger partial charge in [0.15, 0.2) is 0 Å². The number of rotatable bonds is 5. The second kappa shape index (κ2) is 6.01. The van der Waals surface area contributed by atoms with Gasteiger partial charge in [-0.15, -0.1) is 0 Å². The van der Waals surface area contributed by atoms with Crippen LogP contribution >= 0.6 is 0 Å². The Morgan fingerprint density at radius 1 is 1.35 bits per heavy atom. The summed E-state index contributed by atoms with van der Waals surface area (Å²) in [6, 6.07) is 7.90. The van der Waals surface area contributed by atoms with Gasteiger partial charge in [0.25, 0.3) is 0 Å². The Hall–Kier alpha value is -1.94. The van der Waals surface area contributed by atoms with Crippen LogP contribution in [0.5, 0.6) is 5.75 Å². The van der Waals surface area contributed by atoms with E-state index in [0.29, 0.717) is 0 Å². The first-order valence-electron chi connectivity index (χ1n) is 6.71. The number of benzene rings is 1. The maximum Gasteiger partial charge on any atom is 0.125 e. The molecule has 1 heterocycles. The van der Waals surface area contributed by atoms with Crippen molar-refractivity contribution in [2.75, 3.05) is 19.1 Å². The van der Waals surface area contributed by atoms with E-state index in [-0.39, 0.29) is 6.04 Å². The first-order valence-corrected chi connectivity index (χ1v) is 6.71. The molecule has 1 unspecified atom stereocenters. The van der Waals surface area contributed by atoms with Crippen LogP contribution in [0.3, 0.4) is 0 Å². The molecule has 1 aromatic carbocycles. The molecule has 0 saturated heterocycles. The predicted molar refractivity (Wildman–Crippen MR) is 81.1 cm³/mol. The summed E-state index contributed by atoms with van der Waals surface area (Å²) < 4.78 is 10.8. The summed E-state index contributed by atoms with van der Waals surface area (Å²) >= 11 is 0. The summed E-state index contributed by atoms with van der Waals surface area (Å²) in [4.78, 5) is 2.17. The van der Waals surface area contributed by atoms with Crippen molar-refractivity contribution in [3.05, 3.63) is 47.4 Å². The summed E-state index contributed by atoms with van der Waals surface area (Å²) in [6.45, 7) is 4.72. The molecule has 0 spiro atoms. The van der Waals surface area contributed by atoms with Crippen LogP contribution in [-0.4, -0.2) is 14.2 Å². The van der Waals surface area contributed by atoms with Crippen LogP contribution in [0.2, 0.25) is 0 Å². The largest absolute Gasteiger partial charge is 0.496 e. The van der Waals surface area contributed by atoms with Crippen molar-refractivity contribution in [3.8, 4) is 5.75 Å². The van der Waals surface area contributed by atoms with E-state index in [2.05, 4.69) is 11.0 Å². The maximum absolute atomic E-state index is 6.11. The van der Waals surface area contributed by atoms with Crippen LogP contribution in [0.1, 0.15) is 29.9 Å². The molecule has 20 heavy (non-hydrogen) atoms. The Labute approximate surface area is 120 Å². The molecule has 0 amide bonds. The van der Waals surface area contributed by atoms with Gasteiger partial charge in [-0.2, -0.15) is 0 Å². The summed E-state index contributed by atoms with van der Waals surface area (Å²) in [6.07, 6.45) is 1.72. The maximum atomic E-state index is 6.11. The van der Waals surface area contributed by atoms with Crippen molar-refractivity contribution in [3.63, 3.8) is 0 Å². The Morgan fingerprint density at radius 3 is 2.65 bits per heavy atom. The molecule has 4 heteroatoms. The fraction of sp³-hybridized carbons (Fsp3) is 0.375. The Kier molecular flexibility index (Phi) is 4.35. The molecule has 0 aliphatic heterocycles. The zero-order valence-corrected chi connectivity index (χ0v) is 12.5. The van der Waals surface area contributed by atoms with E-state index in [1.54, 1.807) is 13.4 Å². The molecule has 108 valence electrons. The topological polar surface area (TPSA) is 51.6 Å². The number of ether oxygens (including phenoxy) is 1. The quantitative estimate of drug-likeness (QED) is 0.909. The summed E-state index contributed by atoms with van der Waals surface area (Å²) in [5.41, 5.74) is 9.39. The van der Waals surface area contributed by atoms with Crippen LogP contribution in [0.15, 0.2) is 34.9 Å². The predicted octanol–water partition coefficient (Wildman–Crippen LogP) is 3.25. The van der Waals surface area contributed by atoms with Crippen LogP contribution in [0.25, 0.3) is 0 Å². The van der Waals surface area contributed by atoms with Gasteiger partial charge in [0, 0.05) is 36.4 Å². The lowest BCUT2D eigenvalue weighted by molar-refractivity contribution is 0.407. The number of anilines is 1. The van der Waals surface area contributed by atoms with Gasteiger partial charge >= 0.3 is 0 Å². The van der Waals surface area contributed by atoms with Crippen LogP contribution in [-0.2, 0) is 6.54 Å². The normalized spacial score (nSPS) is 12.2. The average Bonchev–Trinajstić information content (AvgIpc) is 2.83. The summed E-state index contributed by atoms with van der Waals surface area (Å²) in [5.74, 6) is 1.77. The zero-order valence-electron chi connectivity index (χ0n) is 12.5. The van der Waals surface area contributed by atoms with Crippen molar-refractivity contribution in [1.82, 2.24) is 0 Å². The van der Waals surface area contributed by atoms with E-state index in [4.69, 9.17) is 14.9 Å². The van der Waals surface area contributed by atoms with Gasteiger partial charge in [-0.25, -0.2) is 0 Å². The molecule has 2 N–H and O–H groups in total. The SMILES string of the molecule is COc1cccc(N(C)Cc2ccoc2C)c1C(C)N. The lowest BCUT2D eigenvalue weighted by Crippen LogP contribution is -2.20. The fourth-order valence-electron chi connectivity index (χ4n) is 2.42. The third-order valence-corrected chi connectivity index (χ3v) is 3.50. The number of furan rings is 1. The number of hydrogen-bond donors (Lipinski definition) is 1. The minimum Gasteiger partial charge on any atom is -0.496 e. The third-order valence-electron chi connectivity index (χ3n) is 3.50. The molecule has 2 rings (SSSR count). The number of aryl methyl sites for hydroxylation is 1. The molecule has 4 nitrogen and oxygen atoms in total. The molecule has 2 aromatic rings. The minimum atomic E-state index is -0.0888. The highest BCUT2D eigenvalue weighted by Crippen LogP contribution is 2.33. The molecular weight excluding hydrogens is 252 g/mol. The summed E-state index contributed by atoms with van der Waals surface area (Å²) in [7, 11) is 3.72. The van der Waals surface area contributed by atoms with E-state index >= 15 is 0 Å². The molecule has 0 aliphatic carbocycles. The van der Waals surface area contributed by atoms with Gasteiger partial charge in [-0.05, 0) is 32.0 Å².